The number of anilines is 1. The van der Waals surface area contributed by atoms with Crippen molar-refractivity contribution in [3.63, 3.8) is 0 Å². The van der Waals surface area contributed by atoms with Gasteiger partial charge in [0.05, 0.1) is 0 Å². The van der Waals surface area contributed by atoms with Crippen molar-refractivity contribution in [2.24, 2.45) is 0 Å². The van der Waals surface area contributed by atoms with Crippen LogP contribution in [0.3, 0.4) is 0 Å². The molecule has 2 N–H and O–H groups in total. The van der Waals surface area contributed by atoms with Gasteiger partial charge in [-0.2, -0.15) is 5.10 Å². The van der Waals surface area contributed by atoms with Crippen LogP contribution in [0.15, 0.2) is 12.3 Å². The number of hydrogen-bond donors (Lipinski definition) is 1. The fourth-order valence-electron chi connectivity index (χ4n) is 1.60. The lowest BCUT2D eigenvalue weighted by atomic mass is 10.1. The van der Waals surface area contributed by atoms with Gasteiger partial charge >= 0.3 is 0 Å². The third-order valence-electron chi connectivity index (χ3n) is 2.56. The first-order valence-electron chi connectivity index (χ1n) is 5.54. The van der Waals surface area contributed by atoms with E-state index >= 15 is 0 Å². The zero-order chi connectivity index (χ0) is 10.4. The molecule has 1 rings (SSSR count). The topological polar surface area (TPSA) is 43.8 Å². The summed E-state index contributed by atoms with van der Waals surface area (Å²) in [5.74, 6) is 0.616. The molecule has 0 saturated carbocycles. The second-order valence-electron chi connectivity index (χ2n) is 3.92. The molecule has 0 bridgehead atoms. The van der Waals surface area contributed by atoms with Crippen LogP contribution in [0.2, 0.25) is 0 Å². The van der Waals surface area contributed by atoms with Crippen molar-refractivity contribution in [3.8, 4) is 0 Å². The van der Waals surface area contributed by atoms with Crippen LogP contribution in [-0.2, 0) is 0 Å². The molecule has 0 fully saturated rings. The Morgan fingerprint density at radius 3 is 2.79 bits per heavy atom. The molecule has 0 amide bonds. The molecule has 1 atom stereocenters. The van der Waals surface area contributed by atoms with Gasteiger partial charge in [-0.3, -0.25) is 4.68 Å². The van der Waals surface area contributed by atoms with E-state index in [0.717, 1.165) is 0 Å². The summed E-state index contributed by atoms with van der Waals surface area (Å²) >= 11 is 0. The van der Waals surface area contributed by atoms with Crippen molar-refractivity contribution < 1.29 is 0 Å². The van der Waals surface area contributed by atoms with Gasteiger partial charge in [-0.05, 0) is 19.4 Å². The summed E-state index contributed by atoms with van der Waals surface area (Å²) in [6.45, 7) is 4.43. The molecule has 80 valence electrons. The molecule has 3 nitrogen and oxygen atoms in total. The van der Waals surface area contributed by atoms with Crippen LogP contribution in [0, 0.1) is 0 Å². The minimum atomic E-state index is 0.476. The highest BCUT2D eigenvalue weighted by atomic mass is 15.3. The van der Waals surface area contributed by atoms with E-state index in [1.807, 2.05) is 16.9 Å². The fraction of sp³-hybridized carbons (Fsp3) is 0.727. The first-order valence-corrected chi connectivity index (χ1v) is 5.54. The van der Waals surface area contributed by atoms with Crippen LogP contribution in [0.25, 0.3) is 0 Å². The van der Waals surface area contributed by atoms with Crippen LogP contribution >= 0.6 is 0 Å². The molecule has 0 aromatic carbocycles. The number of nitrogen functional groups attached to an aromatic ring is 1. The number of unbranched alkanes of at least 4 members (excludes halogenated alkanes) is 3. The molecule has 0 aliphatic rings. The Labute approximate surface area is 86.3 Å². The summed E-state index contributed by atoms with van der Waals surface area (Å²) in [6.07, 6.45) is 8.41. The van der Waals surface area contributed by atoms with Gasteiger partial charge in [-0.25, -0.2) is 0 Å². The van der Waals surface area contributed by atoms with Crippen LogP contribution in [-0.4, -0.2) is 9.78 Å². The van der Waals surface area contributed by atoms with E-state index in [0.29, 0.717) is 11.9 Å². The monoisotopic (exact) mass is 195 g/mol. The molecule has 0 radical (unpaired) electrons. The van der Waals surface area contributed by atoms with Crippen LogP contribution in [0.4, 0.5) is 5.82 Å². The van der Waals surface area contributed by atoms with Crippen molar-refractivity contribution in [3.05, 3.63) is 12.3 Å². The largest absolute Gasteiger partial charge is 0.382 e. The lowest BCUT2D eigenvalue weighted by Crippen LogP contribution is -2.06. The molecule has 1 unspecified atom stereocenters. The maximum absolute atomic E-state index is 5.56. The van der Waals surface area contributed by atoms with Gasteiger partial charge in [-0.1, -0.05) is 32.6 Å². The summed E-state index contributed by atoms with van der Waals surface area (Å²) in [5, 5.41) is 4.20. The van der Waals surface area contributed by atoms with Gasteiger partial charge in [0.15, 0.2) is 0 Å². The lowest BCUT2D eigenvalue weighted by Gasteiger charge is -2.11. The van der Waals surface area contributed by atoms with E-state index in [4.69, 9.17) is 5.73 Å². The maximum atomic E-state index is 5.56. The lowest BCUT2D eigenvalue weighted by molar-refractivity contribution is 0.437. The minimum Gasteiger partial charge on any atom is -0.382 e. The van der Waals surface area contributed by atoms with E-state index in [1.165, 1.54) is 32.1 Å². The van der Waals surface area contributed by atoms with Crippen molar-refractivity contribution in [1.29, 1.82) is 0 Å². The van der Waals surface area contributed by atoms with Crippen LogP contribution in [0.1, 0.15) is 52.0 Å². The highest BCUT2D eigenvalue weighted by Crippen LogP contribution is 2.15. The van der Waals surface area contributed by atoms with Gasteiger partial charge in [0.1, 0.15) is 5.82 Å². The zero-order valence-electron chi connectivity index (χ0n) is 9.24. The molecule has 0 saturated heterocycles. The molecule has 0 spiro atoms. The Bertz CT molecular complexity index is 255. The molecule has 1 aromatic rings. The number of hydrogen-bond acceptors (Lipinski definition) is 2. The Kier molecular flexibility index (Phi) is 4.50. The Morgan fingerprint density at radius 1 is 1.43 bits per heavy atom. The average Bonchev–Trinajstić information content (AvgIpc) is 2.59. The summed E-state index contributed by atoms with van der Waals surface area (Å²) in [5.41, 5.74) is 5.56. The molecule has 1 aromatic heterocycles. The smallest absolute Gasteiger partial charge is 0.145 e. The summed E-state index contributed by atoms with van der Waals surface area (Å²) in [6, 6.07) is 2.33. The van der Waals surface area contributed by atoms with E-state index < -0.39 is 0 Å². The standard InChI is InChI=1S/C11H21N3/c1-3-4-5-6-7-10(2)14-9-8-11(12)13-14/h8-10H,3-7H2,1-2H3,(H2,12,13). The molecular weight excluding hydrogens is 174 g/mol. The van der Waals surface area contributed by atoms with Gasteiger partial charge < -0.3 is 5.73 Å². The van der Waals surface area contributed by atoms with E-state index in [1.54, 1.807) is 0 Å². The fourth-order valence-corrected chi connectivity index (χ4v) is 1.60. The molecular formula is C11H21N3. The quantitative estimate of drug-likeness (QED) is 0.709. The van der Waals surface area contributed by atoms with Gasteiger partial charge in [0.2, 0.25) is 0 Å². The zero-order valence-corrected chi connectivity index (χ0v) is 9.24. The van der Waals surface area contributed by atoms with Gasteiger partial charge in [-0.15, -0.1) is 0 Å². The third kappa shape index (κ3) is 3.40. The first kappa shape index (κ1) is 11.1. The average molecular weight is 195 g/mol. The van der Waals surface area contributed by atoms with Crippen LogP contribution in [0.5, 0.6) is 0 Å². The summed E-state index contributed by atoms with van der Waals surface area (Å²) in [7, 11) is 0. The molecule has 0 aliphatic carbocycles. The van der Waals surface area contributed by atoms with Gasteiger partial charge in [0, 0.05) is 12.2 Å². The second kappa shape index (κ2) is 5.68. The molecule has 14 heavy (non-hydrogen) atoms. The Hall–Kier alpha value is -0.990. The van der Waals surface area contributed by atoms with Crippen molar-refractivity contribution >= 4 is 5.82 Å². The Morgan fingerprint density at radius 2 is 2.21 bits per heavy atom. The molecule has 3 heteroatoms. The normalized spacial score (nSPS) is 13.0. The third-order valence-corrected chi connectivity index (χ3v) is 2.56. The number of nitrogens with zero attached hydrogens (tertiary/aromatic N) is 2. The van der Waals surface area contributed by atoms with Crippen LogP contribution < -0.4 is 5.73 Å². The van der Waals surface area contributed by atoms with E-state index in [-0.39, 0.29) is 0 Å². The summed E-state index contributed by atoms with van der Waals surface area (Å²) in [4.78, 5) is 0. The van der Waals surface area contributed by atoms with Crippen molar-refractivity contribution in [2.75, 3.05) is 5.73 Å². The number of nitrogens with two attached hydrogens (primary N) is 1. The van der Waals surface area contributed by atoms with Gasteiger partial charge in [0.25, 0.3) is 0 Å². The van der Waals surface area contributed by atoms with E-state index in [2.05, 4.69) is 18.9 Å². The predicted octanol–water partition coefficient (Wildman–Crippen LogP) is 3.00. The maximum Gasteiger partial charge on any atom is 0.145 e. The molecule has 0 aliphatic heterocycles. The first-order chi connectivity index (χ1) is 6.74. The second-order valence-corrected chi connectivity index (χ2v) is 3.92. The minimum absolute atomic E-state index is 0.476. The Balaban J connectivity index is 2.25. The number of aromatic nitrogens is 2. The van der Waals surface area contributed by atoms with Crippen molar-refractivity contribution in [2.45, 2.75) is 52.0 Å². The number of rotatable bonds is 6. The summed E-state index contributed by atoms with van der Waals surface area (Å²) < 4.78 is 1.96. The predicted molar refractivity (Wildman–Crippen MR) is 60.1 cm³/mol. The van der Waals surface area contributed by atoms with E-state index in [9.17, 15) is 0 Å². The molecule has 1 heterocycles. The highest BCUT2D eigenvalue weighted by Gasteiger charge is 2.04. The highest BCUT2D eigenvalue weighted by molar-refractivity contribution is 5.23. The van der Waals surface area contributed by atoms with Crippen molar-refractivity contribution in [1.82, 2.24) is 9.78 Å². The SMILES string of the molecule is CCCCCCC(C)n1ccc(N)n1.